The quantitative estimate of drug-likeness (QED) is 0.622. The van der Waals surface area contributed by atoms with Crippen molar-refractivity contribution in [2.24, 2.45) is 5.41 Å². The van der Waals surface area contributed by atoms with E-state index in [-0.39, 0.29) is 23.9 Å². The van der Waals surface area contributed by atoms with Gasteiger partial charge in [-0.1, -0.05) is 6.42 Å². The molecule has 2 amide bonds. The molecule has 1 unspecified atom stereocenters. The molecule has 0 heterocycles. The molecule has 1 aliphatic carbocycles. The first kappa shape index (κ1) is 15.8. The van der Waals surface area contributed by atoms with Gasteiger partial charge in [-0.3, -0.25) is 4.79 Å². The number of aliphatic carboxylic acids is 1. The molecule has 0 aromatic carbocycles. The van der Waals surface area contributed by atoms with Crippen molar-refractivity contribution in [3.63, 3.8) is 0 Å². The van der Waals surface area contributed by atoms with E-state index in [1.54, 1.807) is 0 Å². The SMILES string of the molecule is CCOCC(C)NC(=O)NCC1(CC(=O)O)CCC1. The van der Waals surface area contributed by atoms with Crippen molar-refractivity contribution >= 4 is 12.0 Å². The maximum atomic E-state index is 11.7. The largest absolute Gasteiger partial charge is 0.481 e. The summed E-state index contributed by atoms with van der Waals surface area (Å²) in [5.41, 5.74) is -0.244. The van der Waals surface area contributed by atoms with Crippen LogP contribution in [0.15, 0.2) is 0 Å². The predicted molar refractivity (Wildman–Crippen MR) is 71.0 cm³/mol. The van der Waals surface area contributed by atoms with Crippen LogP contribution in [0.3, 0.4) is 0 Å². The number of hydrogen-bond acceptors (Lipinski definition) is 3. The first-order valence-corrected chi connectivity index (χ1v) is 6.81. The van der Waals surface area contributed by atoms with Crippen molar-refractivity contribution in [2.75, 3.05) is 19.8 Å². The van der Waals surface area contributed by atoms with E-state index in [0.29, 0.717) is 19.8 Å². The number of hydrogen-bond donors (Lipinski definition) is 3. The Kier molecular flexibility index (Phi) is 6.08. The van der Waals surface area contributed by atoms with Gasteiger partial charge in [0.05, 0.1) is 19.1 Å². The fraction of sp³-hybridized carbons (Fsp3) is 0.846. The predicted octanol–water partition coefficient (Wildman–Crippen LogP) is 1.36. The van der Waals surface area contributed by atoms with Gasteiger partial charge >= 0.3 is 12.0 Å². The normalized spacial score (nSPS) is 18.2. The van der Waals surface area contributed by atoms with Gasteiger partial charge in [0, 0.05) is 13.2 Å². The van der Waals surface area contributed by atoms with Crippen LogP contribution in [0.2, 0.25) is 0 Å². The highest BCUT2D eigenvalue weighted by Gasteiger charge is 2.39. The van der Waals surface area contributed by atoms with Crippen molar-refractivity contribution in [1.29, 1.82) is 0 Å². The Bertz CT molecular complexity index is 316. The van der Waals surface area contributed by atoms with Crippen LogP contribution in [0.1, 0.15) is 39.5 Å². The van der Waals surface area contributed by atoms with E-state index in [0.717, 1.165) is 19.3 Å². The average molecular weight is 272 g/mol. The molecule has 6 nitrogen and oxygen atoms in total. The number of nitrogens with one attached hydrogen (secondary N) is 2. The van der Waals surface area contributed by atoms with Gasteiger partial charge in [0.15, 0.2) is 0 Å². The topological polar surface area (TPSA) is 87.7 Å². The summed E-state index contributed by atoms with van der Waals surface area (Å²) in [6, 6.07) is -0.319. The molecule has 1 atom stereocenters. The smallest absolute Gasteiger partial charge is 0.315 e. The Balaban J connectivity index is 2.26. The first-order valence-electron chi connectivity index (χ1n) is 6.81. The molecule has 0 aromatic heterocycles. The molecule has 0 spiro atoms. The van der Waals surface area contributed by atoms with Crippen molar-refractivity contribution in [3.05, 3.63) is 0 Å². The Morgan fingerprint density at radius 2 is 2.11 bits per heavy atom. The van der Waals surface area contributed by atoms with Crippen LogP contribution in [-0.4, -0.2) is 42.9 Å². The molecule has 0 aromatic rings. The fourth-order valence-electron chi connectivity index (χ4n) is 2.29. The van der Waals surface area contributed by atoms with Gasteiger partial charge in [-0.25, -0.2) is 4.79 Å². The molecule has 0 bridgehead atoms. The summed E-state index contributed by atoms with van der Waals surface area (Å²) in [6.07, 6.45) is 2.90. The minimum Gasteiger partial charge on any atom is -0.481 e. The Morgan fingerprint density at radius 3 is 2.58 bits per heavy atom. The minimum atomic E-state index is -0.799. The molecule has 1 fully saturated rings. The zero-order valence-corrected chi connectivity index (χ0v) is 11.7. The number of urea groups is 1. The van der Waals surface area contributed by atoms with Crippen LogP contribution in [0.25, 0.3) is 0 Å². The maximum absolute atomic E-state index is 11.7. The van der Waals surface area contributed by atoms with Gasteiger partial charge in [-0.15, -0.1) is 0 Å². The van der Waals surface area contributed by atoms with Crippen LogP contribution in [0.5, 0.6) is 0 Å². The van der Waals surface area contributed by atoms with E-state index < -0.39 is 5.97 Å². The number of carboxylic acid groups (broad SMARTS) is 1. The van der Waals surface area contributed by atoms with Crippen molar-refractivity contribution in [3.8, 4) is 0 Å². The number of rotatable bonds is 8. The highest BCUT2D eigenvalue weighted by molar-refractivity contribution is 5.74. The van der Waals surface area contributed by atoms with Crippen LogP contribution in [0, 0.1) is 5.41 Å². The molecule has 6 heteroatoms. The highest BCUT2D eigenvalue weighted by atomic mass is 16.5. The fourth-order valence-corrected chi connectivity index (χ4v) is 2.29. The summed E-state index contributed by atoms with van der Waals surface area (Å²) in [4.78, 5) is 22.5. The average Bonchev–Trinajstić information content (AvgIpc) is 2.29. The molecule has 0 radical (unpaired) electrons. The Labute approximate surface area is 113 Å². The van der Waals surface area contributed by atoms with Crippen LogP contribution in [-0.2, 0) is 9.53 Å². The van der Waals surface area contributed by atoms with Gasteiger partial charge in [0.1, 0.15) is 0 Å². The summed E-state index contributed by atoms with van der Waals surface area (Å²) in [7, 11) is 0. The first-order chi connectivity index (χ1) is 8.97. The van der Waals surface area contributed by atoms with E-state index >= 15 is 0 Å². The summed E-state index contributed by atoms with van der Waals surface area (Å²) >= 11 is 0. The summed E-state index contributed by atoms with van der Waals surface area (Å²) in [6.45, 7) is 5.29. The standard InChI is InChI=1S/C13H24N2O4/c1-3-19-8-10(2)15-12(18)14-9-13(5-4-6-13)7-11(16)17/h10H,3-9H2,1-2H3,(H,16,17)(H2,14,15,18). The van der Waals surface area contributed by atoms with E-state index in [9.17, 15) is 9.59 Å². The summed E-state index contributed by atoms with van der Waals surface area (Å²) in [5.74, 6) is -0.799. The summed E-state index contributed by atoms with van der Waals surface area (Å²) < 4.78 is 5.21. The second-order valence-corrected chi connectivity index (χ2v) is 5.31. The Hall–Kier alpha value is -1.30. The van der Waals surface area contributed by atoms with E-state index in [2.05, 4.69) is 10.6 Å². The molecule has 1 aliphatic rings. The molecule has 3 N–H and O–H groups in total. The van der Waals surface area contributed by atoms with Gasteiger partial charge in [-0.2, -0.15) is 0 Å². The molecular weight excluding hydrogens is 248 g/mol. The van der Waals surface area contributed by atoms with E-state index in [1.165, 1.54) is 0 Å². The highest BCUT2D eigenvalue weighted by Crippen LogP contribution is 2.43. The third kappa shape index (κ3) is 5.46. The third-order valence-corrected chi connectivity index (χ3v) is 3.51. The number of amides is 2. The Morgan fingerprint density at radius 1 is 1.42 bits per heavy atom. The second kappa shape index (κ2) is 7.33. The van der Waals surface area contributed by atoms with Gasteiger partial charge in [0.25, 0.3) is 0 Å². The third-order valence-electron chi connectivity index (χ3n) is 3.51. The maximum Gasteiger partial charge on any atom is 0.315 e. The van der Waals surface area contributed by atoms with Crippen molar-refractivity contribution in [2.45, 2.75) is 45.6 Å². The minimum absolute atomic E-state index is 0.0586. The lowest BCUT2D eigenvalue weighted by Gasteiger charge is -2.40. The van der Waals surface area contributed by atoms with Crippen LogP contribution >= 0.6 is 0 Å². The van der Waals surface area contributed by atoms with Gasteiger partial charge in [-0.05, 0) is 32.1 Å². The number of ether oxygens (including phenoxy) is 1. The van der Waals surface area contributed by atoms with Crippen molar-refractivity contribution < 1.29 is 19.4 Å². The zero-order valence-electron chi connectivity index (χ0n) is 11.7. The van der Waals surface area contributed by atoms with Crippen LogP contribution in [0.4, 0.5) is 4.79 Å². The van der Waals surface area contributed by atoms with Crippen LogP contribution < -0.4 is 10.6 Å². The molecular formula is C13H24N2O4. The molecule has 1 saturated carbocycles. The molecule has 110 valence electrons. The lowest BCUT2D eigenvalue weighted by atomic mass is 9.66. The molecule has 0 saturated heterocycles. The number of carbonyl (C=O) groups excluding carboxylic acids is 1. The molecule has 0 aliphatic heterocycles. The number of carboxylic acids is 1. The second-order valence-electron chi connectivity index (χ2n) is 5.31. The lowest BCUT2D eigenvalue weighted by molar-refractivity contribution is -0.141. The number of carbonyl (C=O) groups is 2. The summed E-state index contributed by atoms with van der Waals surface area (Å²) in [5, 5.41) is 14.4. The van der Waals surface area contributed by atoms with Gasteiger partial charge < -0.3 is 20.5 Å². The lowest BCUT2D eigenvalue weighted by Crippen LogP contribution is -2.49. The van der Waals surface area contributed by atoms with Crippen molar-refractivity contribution in [1.82, 2.24) is 10.6 Å². The van der Waals surface area contributed by atoms with Gasteiger partial charge in [0.2, 0.25) is 0 Å². The molecule has 1 rings (SSSR count). The molecule has 19 heavy (non-hydrogen) atoms. The van der Waals surface area contributed by atoms with E-state index in [4.69, 9.17) is 9.84 Å². The monoisotopic (exact) mass is 272 g/mol. The van der Waals surface area contributed by atoms with E-state index in [1.807, 2.05) is 13.8 Å². The zero-order chi connectivity index (χ0) is 14.3.